The van der Waals surface area contributed by atoms with Gasteiger partial charge in [-0.25, -0.2) is 0 Å². The van der Waals surface area contributed by atoms with E-state index in [4.69, 9.17) is 75.8 Å². The van der Waals surface area contributed by atoms with E-state index in [-0.39, 0.29) is 62.3 Å². The lowest BCUT2D eigenvalue weighted by Crippen LogP contribution is -2.68. The molecule has 41 nitrogen and oxygen atoms in total. The van der Waals surface area contributed by atoms with Crippen molar-refractivity contribution in [3.63, 3.8) is 0 Å². The molecule has 21 heterocycles. The first-order valence-electron chi connectivity index (χ1n) is 33.1. The van der Waals surface area contributed by atoms with Crippen LogP contribution in [0.5, 0.6) is 0 Å². The molecule has 21 rings (SSSR count). The van der Waals surface area contributed by atoms with Crippen LogP contribution in [-0.2, 0) is 95.0 Å². The number of aliphatic carboxylic acids is 2. The quantitative estimate of drug-likeness (QED) is 0.0340. The third kappa shape index (κ3) is 20.9. The molecule has 590 valence electrons. The maximum Gasteiger partial charge on any atom is 0.321 e. The molecule has 43 heteroatoms. The lowest BCUT2D eigenvalue weighted by molar-refractivity contribution is -0.395. The van der Waals surface area contributed by atoms with Crippen LogP contribution in [0.2, 0.25) is 0 Å². The molecule has 0 aliphatic carbocycles. The molecule has 36 atom stereocenters. The molecule has 0 aromatic carbocycles. The second-order valence-electron chi connectivity index (χ2n) is 25.6. The normalized spacial score (nSPS) is 44.5. The molecule has 102 heavy (non-hydrogen) atoms. The van der Waals surface area contributed by atoms with E-state index in [0.29, 0.717) is 0 Å². The van der Waals surface area contributed by atoms with Gasteiger partial charge in [-0.2, -0.15) is 23.5 Å². The molecular formula is C59H97NO40S2. The summed E-state index contributed by atoms with van der Waals surface area (Å²) < 4.78 is 93.9. The van der Waals surface area contributed by atoms with Crippen molar-refractivity contribution in [1.82, 2.24) is 5.32 Å². The zero-order chi connectivity index (χ0) is 74.5. The second-order valence-corrected chi connectivity index (χ2v) is 27.8. The van der Waals surface area contributed by atoms with Crippen molar-refractivity contribution >= 4 is 47.0 Å². The number of carbonyl (C=O) groups excluding carboxylic acids is 2. The molecular weight excluding hydrogens is 1430 g/mol. The number of rotatable bonds is 27. The van der Waals surface area contributed by atoms with Crippen molar-refractivity contribution in [2.24, 2.45) is 5.92 Å². The summed E-state index contributed by atoms with van der Waals surface area (Å²) in [6.45, 7) is -3.55. The van der Waals surface area contributed by atoms with Gasteiger partial charge in [0, 0.05) is 48.7 Å². The number of carboxylic acid groups (broad SMARTS) is 2. The summed E-state index contributed by atoms with van der Waals surface area (Å²) in [4.78, 5) is 48.7. The average molecular weight is 1520 g/mol. The predicted octanol–water partition coefficient (Wildman–Crippen LogP) is -12.0. The summed E-state index contributed by atoms with van der Waals surface area (Å²) in [5.41, 5.74) is 0. The average Bonchev–Trinajstić information content (AvgIpc) is 0.770. The van der Waals surface area contributed by atoms with E-state index in [1.165, 1.54) is 14.0 Å². The molecule has 0 aromatic rings. The Morgan fingerprint density at radius 3 is 1.04 bits per heavy atom. The molecule has 0 radical (unpaired) electrons. The highest BCUT2D eigenvalue weighted by atomic mass is 32.2. The lowest BCUT2D eigenvalue weighted by atomic mass is 9.95. The minimum atomic E-state index is -2.27. The Kier molecular flexibility index (Phi) is 33.2. The summed E-state index contributed by atoms with van der Waals surface area (Å²) in [7, 11) is 1.36. The number of carbonyl (C=O) groups is 4. The van der Waals surface area contributed by atoms with Crippen LogP contribution in [0.15, 0.2) is 0 Å². The van der Waals surface area contributed by atoms with E-state index in [9.17, 15) is 121 Å². The third-order valence-electron chi connectivity index (χ3n) is 18.4. The molecule has 0 saturated carbocycles. The maximum absolute atomic E-state index is 13.0. The largest absolute Gasteiger partial charge is 0.481 e. The second kappa shape index (κ2) is 39.8. The van der Waals surface area contributed by atoms with Crippen LogP contribution in [-0.4, -0.2) is 430 Å². The Bertz CT molecular complexity index is 2580. The number of Topliss-reactive ketones (excluding diaryl/α,β-unsaturated/α-hetero) is 2. The highest BCUT2D eigenvalue weighted by molar-refractivity contribution is 7.99. The van der Waals surface area contributed by atoms with Crippen LogP contribution >= 0.6 is 23.5 Å². The van der Waals surface area contributed by atoms with Crippen molar-refractivity contribution in [2.75, 3.05) is 89.5 Å². The van der Waals surface area contributed by atoms with E-state index >= 15 is 0 Å². The first-order valence-corrected chi connectivity index (χ1v) is 35.4. The van der Waals surface area contributed by atoms with Gasteiger partial charge in [-0.3, -0.25) is 19.2 Å². The standard InChI is InChI=1S/C59H97NO40S2/c1-20(66)3-5-85-7-8-86-6-4-22(67)9-21(51(81)82)16-101-18-31-49-37(73)39(75)54(93-31)87-25-10-24(68)53(88-26(25)11-61)95-45-27(12-62)89-57(40(76)33(45)69)100-50-32(19-102-17-23(60-2)52(83)84)94-59(44(80)38(50)74)98-48-30(15-65)91-56(42(78)35(48)71)96-46-28(13-63)90-55(41(77)34(46)70)97-47-29(14-64)92-58(99-49)43(79)36(47)72/h21,23-50,53-65,68-80H,3-19H2,1-2H3,(H,81,82)(H,83,84)/t21-,23-,24?,25+,26?,27?,28?,29?,30?,31?,32?,33-,34-,35-,36-,37-,38-,39?,40?,41?,42?,43?,44?,45-,46-,47-,48-,49-,50-,53+,54+,55-,56-,57+,58+,59+/m1/s1. The number of hydrogen-bond acceptors (Lipinski definition) is 41. The fourth-order valence-electron chi connectivity index (χ4n) is 12.6. The molecule has 0 amide bonds. The van der Waals surface area contributed by atoms with Crippen molar-refractivity contribution in [3.05, 3.63) is 0 Å². The molecule has 0 aromatic heterocycles. The van der Waals surface area contributed by atoms with Gasteiger partial charge in [-0.1, -0.05) is 0 Å². The van der Waals surface area contributed by atoms with E-state index < -0.39 is 290 Å². The minimum Gasteiger partial charge on any atom is -0.481 e. The molecule has 0 spiro atoms. The highest BCUT2D eigenvalue weighted by Crippen LogP contribution is 2.40. The summed E-state index contributed by atoms with van der Waals surface area (Å²) in [6, 6.07) is -1.16. The van der Waals surface area contributed by atoms with Crippen molar-refractivity contribution < 1.29 is 197 Å². The molecule has 14 unspecified atom stereocenters. The zero-order valence-electron chi connectivity index (χ0n) is 55.2. The number of aliphatic hydroxyl groups is 18. The van der Waals surface area contributed by atoms with Gasteiger partial charge < -0.3 is 183 Å². The van der Waals surface area contributed by atoms with Crippen molar-refractivity contribution in [1.29, 1.82) is 0 Å². The molecule has 21 aliphatic heterocycles. The smallest absolute Gasteiger partial charge is 0.321 e. The number of likely N-dealkylation sites (N-methyl/N-ethyl adjacent to an activating group) is 1. The summed E-state index contributed by atoms with van der Waals surface area (Å²) in [5.74, 6) is -5.82. The van der Waals surface area contributed by atoms with Crippen LogP contribution in [0.1, 0.15) is 32.6 Å². The number of hydrogen-bond donors (Lipinski definition) is 21. The number of thioether (sulfide) groups is 2. The van der Waals surface area contributed by atoms with Gasteiger partial charge in [0.2, 0.25) is 0 Å². The Balaban J connectivity index is 1.07. The van der Waals surface area contributed by atoms with E-state index in [2.05, 4.69) is 5.32 Å². The first kappa shape index (κ1) is 85.2. The van der Waals surface area contributed by atoms with Gasteiger partial charge in [0.1, 0.15) is 164 Å². The Hall–Kier alpha value is -2.42. The van der Waals surface area contributed by atoms with E-state index in [0.717, 1.165) is 23.5 Å². The fraction of sp³-hybridized carbons (Fsp3) is 0.932. The number of aliphatic hydroxyl groups excluding tert-OH is 18. The highest BCUT2D eigenvalue weighted by Gasteiger charge is 2.59. The lowest BCUT2D eigenvalue weighted by Gasteiger charge is -2.50. The Labute approximate surface area is 590 Å². The first-order chi connectivity index (χ1) is 48.6. The van der Waals surface area contributed by atoms with Gasteiger partial charge in [-0.15, -0.1) is 0 Å². The van der Waals surface area contributed by atoms with E-state index in [1.807, 2.05) is 0 Å². The zero-order valence-corrected chi connectivity index (χ0v) is 56.9. The van der Waals surface area contributed by atoms with Gasteiger partial charge in [0.25, 0.3) is 0 Å². The summed E-state index contributed by atoms with van der Waals surface area (Å²) in [6.07, 6.45) is -68.4. The maximum atomic E-state index is 13.0. The Morgan fingerprint density at radius 2 is 0.706 bits per heavy atom. The van der Waals surface area contributed by atoms with Gasteiger partial charge in [0.05, 0.1) is 83.7 Å². The van der Waals surface area contributed by atoms with Crippen LogP contribution in [0, 0.1) is 5.92 Å². The van der Waals surface area contributed by atoms with Gasteiger partial charge in [-0.05, 0) is 14.0 Å². The number of ketones is 2. The number of nitrogens with one attached hydrogen (secondary N) is 1. The monoisotopic (exact) mass is 1520 g/mol. The van der Waals surface area contributed by atoms with Crippen LogP contribution in [0.25, 0.3) is 0 Å². The SMILES string of the molecule is CN[C@H](CSCC1O[C@H]2O[C@@H]3C(CO)O[C@H](O[C@@H]4C(CO)O[C@H](O[C@@H]5C(CO)O[C@@H](O[C@@H]6C(CSC[C@@H](CC(=O)CCOCCOCCC(C)=O)C(=O)O)O[C@H](O[C@H]7CC(O)[C@@H](OC7CO)O[C@@H]7C(CO)O[C@@H](O[C@H]1[C@H](O)C2O)C(O)[C@H]7O)C(O)[C@H]6O)C(O)[C@H]5O)C(O)[C@H]4O)C(O)[C@H]3O)C(=O)O. The van der Waals surface area contributed by atoms with Crippen molar-refractivity contribution in [3.8, 4) is 0 Å². The summed E-state index contributed by atoms with van der Waals surface area (Å²) in [5, 5.41) is 228. The van der Waals surface area contributed by atoms with Gasteiger partial charge in [0.15, 0.2) is 44.0 Å². The Morgan fingerprint density at radius 1 is 0.392 bits per heavy atom. The van der Waals surface area contributed by atoms with Crippen LogP contribution in [0.4, 0.5) is 0 Å². The molecule has 21 N–H and O–H groups in total. The molecule has 14 bridgehead atoms. The number of carboxylic acids is 2. The molecule has 21 saturated heterocycles. The predicted molar refractivity (Wildman–Crippen MR) is 330 cm³/mol. The molecule has 21 aliphatic rings. The van der Waals surface area contributed by atoms with E-state index in [1.54, 1.807) is 0 Å². The van der Waals surface area contributed by atoms with Gasteiger partial charge >= 0.3 is 11.9 Å². The van der Waals surface area contributed by atoms with Crippen LogP contribution < -0.4 is 5.32 Å². The molecule has 21 fully saturated rings. The number of ether oxygens (including phenoxy) is 16. The van der Waals surface area contributed by atoms with Crippen LogP contribution in [0.3, 0.4) is 0 Å². The third-order valence-corrected chi connectivity index (χ3v) is 20.8. The van der Waals surface area contributed by atoms with Crippen molar-refractivity contribution in [2.45, 2.75) is 247 Å². The fourth-order valence-corrected chi connectivity index (χ4v) is 14.9. The topological polar surface area (TPSA) is 633 Å². The minimum absolute atomic E-state index is 0.0694. The summed E-state index contributed by atoms with van der Waals surface area (Å²) >= 11 is 1.73.